The first-order chi connectivity index (χ1) is 30.7. The lowest BCUT2D eigenvalue weighted by atomic mass is 10.0. The highest BCUT2D eigenvalue weighted by Gasteiger charge is 2.20. The van der Waals surface area contributed by atoms with Crippen LogP contribution in [0, 0.1) is 0 Å². The molecular weight excluding hydrogens is 757 g/mol. The Hall–Kier alpha value is -8.48. The van der Waals surface area contributed by atoms with Gasteiger partial charge in [0, 0.05) is 55.9 Å². The van der Waals surface area contributed by atoms with E-state index in [1.165, 1.54) is 5.39 Å². The lowest BCUT2D eigenvalue weighted by Crippen LogP contribution is -2.02. The molecule has 0 bridgehead atoms. The zero-order valence-electron chi connectivity index (χ0n) is 33.5. The highest BCUT2D eigenvalue weighted by atomic mass is 15.1. The van der Waals surface area contributed by atoms with Crippen molar-refractivity contribution < 1.29 is 0 Å². The summed E-state index contributed by atoms with van der Waals surface area (Å²) in [6.07, 6.45) is 0. The molecular formula is C56H36N6. The minimum Gasteiger partial charge on any atom is -0.294 e. The van der Waals surface area contributed by atoms with Gasteiger partial charge in [-0.05, 0) is 41.5 Å². The molecule has 0 aliphatic rings. The van der Waals surface area contributed by atoms with Gasteiger partial charge in [-0.25, -0.2) is 19.9 Å². The zero-order valence-corrected chi connectivity index (χ0v) is 33.5. The minimum atomic E-state index is 0.682. The monoisotopic (exact) mass is 792 g/mol. The van der Waals surface area contributed by atoms with E-state index < -0.39 is 0 Å². The van der Waals surface area contributed by atoms with E-state index in [0.717, 1.165) is 94.6 Å². The molecule has 0 radical (unpaired) electrons. The predicted molar refractivity (Wildman–Crippen MR) is 253 cm³/mol. The number of rotatable bonds is 7. The molecule has 0 fully saturated rings. The molecule has 12 rings (SSSR count). The van der Waals surface area contributed by atoms with Crippen LogP contribution in [0.15, 0.2) is 218 Å². The maximum Gasteiger partial charge on any atom is 0.162 e. The molecule has 0 aliphatic heterocycles. The number of fused-ring (bicyclic) bond motifs is 6. The molecule has 12 aromatic rings. The molecule has 62 heavy (non-hydrogen) atoms. The maximum atomic E-state index is 5.27. The molecule has 4 heterocycles. The molecule has 0 N–H and O–H groups in total. The third kappa shape index (κ3) is 6.04. The molecule has 290 valence electrons. The zero-order chi connectivity index (χ0) is 41.0. The van der Waals surface area contributed by atoms with Crippen LogP contribution in [0.3, 0.4) is 0 Å². The first kappa shape index (κ1) is 35.5. The summed E-state index contributed by atoms with van der Waals surface area (Å²) < 4.78 is 4.57. The third-order valence-corrected chi connectivity index (χ3v) is 11.8. The van der Waals surface area contributed by atoms with Gasteiger partial charge in [0.1, 0.15) is 11.6 Å². The predicted octanol–water partition coefficient (Wildman–Crippen LogP) is 13.8. The lowest BCUT2D eigenvalue weighted by molar-refractivity contribution is 1.05. The summed E-state index contributed by atoms with van der Waals surface area (Å²) >= 11 is 0. The number of hydrogen-bond acceptors (Lipinski definition) is 4. The van der Waals surface area contributed by atoms with Crippen molar-refractivity contribution in [3.8, 4) is 68.1 Å². The summed E-state index contributed by atoms with van der Waals surface area (Å²) in [7, 11) is 0. The van der Waals surface area contributed by atoms with Crippen molar-refractivity contribution in [3.63, 3.8) is 0 Å². The summed E-state index contributed by atoms with van der Waals surface area (Å²) in [5, 5.41) is 4.64. The van der Waals surface area contributed by atoms with Crippen LogP contribution in [0.4, 0.5) is 0 Å². The average Bonchev–Trinajstić information content (AvgIpc) is 3.87. The smallest absolute Gasteiger partial charge is 0.162 e. The Balaban J connectivity index is 1.05. The van der Waals surface area contributed by atoms with Crippen LogP contribution >= 0.6 is 0 Å². The van der Waals surface area contributed by atoms with Gasteiger partial charge in [-0.1, -0.05) is 176 Å². The van der Waals surface area contributed by atoms with Gasteiger partial charge < -0.3 is 0 Å². The molecule has 0 unspecified atom stereocenters. The van der Waals surface area contributed by atoms with Gasteiger partial charge in [0.15, 0.2) is 11.6 Å². The molecule has 0 saturated carbocycles. The van der Waals surface area contributed by atoms with Crippen LogP contribution in [-0.4, -0.2) is 29.1 Å². The van der Waals surface area contributed by atoms with Gasteiger partial charge in [-0.15, -0.1) is 0 Å². The SMILES string of the molecule is c1ccc(-c2cc(-n3c4ccccc4c4cc(-c5ccc6c7ccccc7n(-c7cc(-c8ccccc8)nc(-c8ccccc8)n7)c6c5)ccc43)nc(-c3ccccc3)n2)cc1. The second-order valence-corrected chi connectivity index (χ2v) is 15.5. The Morgan fingerprint density at radius 3 is 1.16 bits per heavy atom. The van der Waals surface area contributed by atoms with Crippen molar-refractivity contribution in [1.82, 2.24) is 29.1 Å². The Bertz CT molecular complexity index is 3500. The standard InChI is InChI=1S/C56H36N6/c1-5-17-37(18-6-1)47-35-53(59-55(57-47)39-21-9-3-10-22-39)61-50-28-16-14-26-44(50)46-33-41(30-32-51(46)61)42-29-31-45-43-25-13-15-27-49(43)62(52(45)34-42)54-36-48(38-19-7-2-8-20-38)58-56(60-54)40-23-11-4-12-24-40/h1-36H. The number of aromatic nitrogens is 6. The molecule has 6 nitrogen and oxygen atoms in total. The Morgan fingerprint density at radius 2 is 0.629 bits per heavy atom. The van der Waals surface area contributed by atoms with E-state index in [9.17, 15) is 0 Å². The second kappa shape index (κ2) is 14.7. The highest BCUT2D eigenvalue weighted by molar-refractivity contribution is 6.12. The van der Waals surface area contributed by atoms with E-state index in [1.54, 1.807) is 0 Å². The summed E-state index contributed by atoms with van der Waals surface area (Å²) in [4.78, 5) is 20.7. The molecule has 0 saturated heterocycles. The van der Waals surface area contributed by atoms with Gasteiger partial charge in [-0.3, -0.25) is 9.13 Å². The van der Waals surface area contributed by atoms with Crippen molar-refractivity contribution in [3.05, 3.63) is 218 Å². The van der Waals surface area contributed by atoms with Crippen LogP contribution in [0.25, 0.3) is 112 Å². The normalized spacial score (nSPS) is 11.5. The fourth-order valence-corrected chi connectivity index (χ4v) is 8.84. The molecule has 0 spiro atoms. The van der Waals surface area contributed by atoms with E-state index in [-0.39, 0.29) is 0 Å². The number of para-hydroxylation sites is 2. The van der Waals surface area contributed by atoms with Crippen molar-refractivity contribution >= 4 is 43.6 Å². The van der Waals surface area contributed by atoms with E-state index >= 15 is 0 Å². The largest absolute Gasteiger partial charge is 0.294 e. The fourth-order valence-electron chi connectivity index (χ4n) is 8.84. The molecule has 0 atom stereocenters. The van der Waals surface area contributed by atoms with Crippen molar-refractivity contribution in [2.45, 2.75) is 0 Å². The second-order valence-electron chi connectivity index (χ2n) is 15.5. The fraction of sp³-hybridized carbons (Fsp3) is 0. The Labute approximate surface area is 357 Å². The molecule has 4 aromatic heterocycles. The quantitative estimate of drug-likeness (QED) is 0.161. The van der Waals surface area contributed by atoms with E-state index in [2.05, 4.69) is 179 Å². The van der Waals surface area contributed by atoms with Crippen LogP contribution < -0.4 is 0 Å². The third-order valence-electron chi connectivity index (χ3n) is 11.8. The lowest BCUT2D eigenvalue weighted by Gasteiger charge is -2.13. The minimum absolute atomic E-state index is 0.682. The van der Waals surface area contributed by atoms with Gasteiger partial charge in [0.05, 0.1) is 33.5 Å². The Morgan fingerprint density at radius 1 is 0.242 bits per heavy atom. The Kier molecular flexibility index (Phi) is 8.38. The van der Waals surface area contributed by atoms with Crippen molar-refractivity contribution in [1.29, 1.82) is 0 Å². The number of benzene rings is 8. The number of nitrogens with zero attached hydrogens (tertiary/aromatic N) is 6. The summed E-state index contributed by atoms with van der Waals surface area (Å²) in [6.45, 7) is 0. The van der Waals surface area contributed by atoms with E-state index in [0.29, 0.717) is 11.6 Å². The van der Waals surface area contributed by atoms with Crippen LogP contribution in [0.1, 0.15) is 0 Å². The van der Waals surface area contributed by atoms with Gasteiger partial charge in [-0.2, -0.15) is 0 Å². The molecule has 6 heteroatoms. The molecule has 0 aliphatic carbocycles. The molecule has 0 amide bonds. The maximum absolute atomic E-state index is 5.27. The van der Waals surface area contributed by atoms with Gasteiger partial charge in [0.2, 0.25) is 0 Å². The van der Waals surface area contributed by atoms with Crippen molar-refractivity contribution in [2.24, 2.45) is 0 Å². The highest BCUT2D eigenvalue weighted by Crippen LogP contribution is 2.39. The summed E-state index contributed by atoms with van der Waals surface area (Å²) in [5.41, 5.74) is 12.3. The number of hydrogen-bond donors (Lipinski definition) is 0. The van der Waals surface area contributed by atoms with Gasteiger partial charge >= 0.3 is 0 Å². The molecule has 8 aromatic carbocycles. The van der Waals surface area contributed by atoms with E-state index in [1.807, 2.05) is 48.5 Å². The van der Waals surface area contributed by atoms with Crippen LogP contribution in [0.5, 0.6) is 0 Å². The van der Waals surface area contributed by atoms with Crippen LogP contribution in [0.2, 0.25) is 0 Å². The van der Waals surface area contributed by atoms with E-state index in [4.69, 9.17) is 19.9 Å². The summed E-state index contributed by atoms with van der Waals surface area (Å²) in [6, 6.07) is 76.1. The first-order valence-corrected chi connectivity index (χ1v) is 20.8. The average molecular weight is 793 g/mol. The van der Waals surface area contributed by atoms with Crippen molar-refractivity contribution in [2.75, 3.05) is 0 Å². The summed E-state index contributed by atoms with van der Waals surface area (Å²) in [5.74, 6) is 3.00. The first-order valence-electron chi connectivity index (χ1n) is 20.8. The van der Waals surface area contributed by atoms with Gasteiger partial charge in [0.25, 0.3) is 0 Å². The van der Waals surface area contributed by atoms with Crippen LogP contribution in [-0.2, 0) is 0 Å². The topological polar surface area (TPSA) is 61.4 Å².